The summed E-state index contributed by atoms with van der Waals surface area (Å²) >= 11 is 0. The van der Waals surface area contributed by atoms with E-state index in [2.05, 4.69) is 0 Å². The molecule has 24 heavy (non-hydrogen) atoms. The molecule has 126 valence electrons. The van der Waals surface area contributed by atoms with E-state index in [4.69, 9.17) is 9.56 Å². The summed E-state index contributed by atoms with van der Waals surface area (Å²) in [4.78, 5) is -0.527. The fourth-order valence-corrected chi connectivity index (χ4v) is 2.85. The van der Waals surface area contributed by atoms with Crippen LogP contribution in [0.2, 0.25) is 0 Å². The van der Waals surface area contributed by atoms with Crippen molar-refractivity contribution in [2.75, 3.05) is 0 Å². The summed E-state index contributed by atoms with van der Waals surface area (Å²) < 4.78 is 41.7. The Hall–Kier alpha value is -2.44. The van der Waals surface area contributed by atoms with Gasteiger partial charge in [0.1, 0.15) is 10.7 Å². The van der Waals surface area contributed by atoms with Crippen molar-refractivity contribution >= 4 is 10.0 Å². The first kappa shape index (κ1) is 17.9. The molecule has 0 spiro atoms. The summed E-state index contributed by atoms with van der Waals surface area (Å²) in [6, 6.07) is 13.3. The van der Waals surface area contributed by atoms with Crippen LogP contribution in [0.3, 0.4) is 0 Å². The second-order valence-electron chi connectivity index (χ2n) is 4.76. The van der Waals surface area contributed by atoms with E-state index in [0.717, 1.165) is 23.3 Å². The number of halogens is 1. The van der Waals surface area contributed by atoms with Crippen LogP contribution in [0, 0.1) is 5.82 Å². The van der Waals surface area contributed by atoms with Crippen molar-refractivity contribution in [3.05, 3.63) is 66.9 Å². The Bertz CT molecular complexity index is 918. The maximum atomic E-state index is 14.0. The third-order valence-electron chi connectivity index (χ3n) is 3.30. The second-order valence-corrected chi connectivity index (χ2v) is 6.29. The first-order chi connectivity index (χ1) is 11.5. The molecule has 3 rings (SSSR count). The maximum absolute atomic E-state index is 14.0. The molecule has 2 N–H and O–H groups in total. The molecule has 0 aliphatic heterocycles. The minimum atomic E-state index is -4.08. The van der Waals surface area contributed by atoms with Crippen molar-refractivity contribution in [2.45, 2.75) is 18.7 Å². The van der Waals surface area contributed by atoms with Crippen LogP contribution in [0.15, 0.2) is 70.4 Å². The summed E-state index contributed by atoms with van der Waals surface area (Å²) in [5.41, 5.74) is 2.90. The van der Waals surface area contributed by atoms with Crippen LogP contribution in [-0.2, 0) is 10.0 Å². The van der Waals surface area contributed by atoms with Gasteiger partial charge in [0.2, 0.25) is 10.0 Å². The van der Waals surface area contributed by atoms with E-state index in [1.54, 1.807) is 6.26 Å². The van der Waals surface area contributed by atoms with Gasteiger partial charge in [-0.15, -0.1) is 0 Å². The Morgan fingerprint density at radius 2 is 1.50 bits per heavy atom. The number of nitrogens with two attached hydrogens (primary N) is 1. The zero-order chi connectivity index (χ0) is 17.7. The van der Waals surface area contributed by atoms with Crippen LogP contribution in [0.1, 0.15) is 13.8 Å². The molecular formula is C18H18FNO3S. The lowest BCUT2D eigenvalue weighted by Gasteiger charge is -2.06. The van der Waals surface area contributed by atoms with Crippen LogP contribution in [0.5, 0.6) is 0 Å². The largest absolute Gasteiger partial charge is 0.471 e. The molecule has 2 aromatic carbocycles. The monoisotopic (exact) mass is 347 g/mol. The van der Waals surface area contributed by atoms with E-state index in [9.17, 15) is 12.8 Å². The fraction of sp³-hybridized carbons (Fsp3) is 0.111. The van der Waals surface area contributed by atoms with Crippen LogP contribution < -0.4 is 5.14 Å². The van der Waals surface area contributed by atoms with Crippen LogP contribution >= 0.6 is 0 Å². The topological polar surface area (TPSA) is 73.3 Å². The number of furan rings is 1. The lowest BCUT2D eigenvalue weighted by atomic mass is 9.99. The molecule has 0 atom stereocenters. The lowest BCUT2D eigenvalue weighted by molar-refractivity contribution is 0.567. The third kappa shape index (κ3) is 3.72. The Morgan fingerprint density at radius 3 is 2.04 bits per heavy atom. The number of rotatable bonds is 3. The molecule has 3 aromatic rings. The number of hydrogen-bond acceptors (Lipinski definition) is 3. The third-order valence-corrected chi connectivity index (χ3v) is 4.24. The fourth-order valence-electron chi connectivity index (χ4n) is 2.26. The summed E-state index contributed by atoms with van der Waals surface area (Å²) in [6.45, 7) is 4.00. The van der Waals surface area contributed by atoms with Crippen molar-refractivity contribution in [1.82, 2.24) is 0 Å². The van der Waals surface area contributed by atoms with Crippen LogP contribution in [0.4, 0.5) is 4.39 Å². The van der Waals surface area contributed by atoms with Gasteiger partial charge in [-0.1, -0.05) is 50.2 Å². The number of benzene rings is 2. The lowest BCUT2D eigenvalue weighted by Crippen LogP contribution is -2.13. The first-order valence-electron chi connectivity index (χ1n) is 7.41. The highest BCUT2D eigenvalue weighted by Crippen LogP contribution is 2.34. The predicted molar refractivity (Wildman–Crippen MR) is 92.3 cm³/mol. The molecule has 0 unspecified atom stereocenters. The molecule has 0 aliphatic rings. The molecule has 0 radical (unpaired) electrons. The molecule has 0 saturated carbocycles. The van der Waals surface area contributed by atoms with Gasteiger partial charge >= 0.3 is 0 Å². The minimum Gasteiger partial charge on any atom is -0.471 e. The standard InChI is InChI=1S/C16H12FNO3S.C2H6/c17-15-8-12(6-7-16(15)22(18,19)20)14-10-21-9-13(14)11-4-2-1-3-5-11;1-2/h1-10H,(H2,18,19,20);1-2H3. The van der Waals surface area contributed by atoms with Gasteiger partial charge in [0.05, 0.1) is 12.5 Å². The number of hydrogen-bond donors (Lipinski definition) is 1. The van der Waals surface area contributed by atoms with Gasteiger partial charge in [0.25, 0.3) is 0 Å². The van der Waals surface area contributed by atoms with Gasteiger partial charge in [0, 0.05) is 11.1 Å². The highest BCUT2D eigenvalue weighted by Gasteiger charge is 2.17. The van der Waals surface area contributed by atoms with Gasteiger partial charge in [-0.05, 0) is 23.3 Å². The van der Waals surface area contributed by atoms with Crippen molar-refractivity contribution in [1.29, 1.82) is 0 Å². The minimum absolute atomic E-state index is 0.512. The van der Waals surface area contributed by atoms with E-state index >= 15 is 0 Å². The smallest absolute Gasteiger partial charge is 0.240 e. The molecule has 0 saturated heterocycles. The van der Waals surface area contributed by atoms with Gasteiger partial charge < -0.3 is 4.42 Å². The first-order valence-corrected chi connectivity index (χ1v) is 8.96. The Morgan fingerprint density at radius 1 is 0.917 bits per heavy atom. The van der Waals surface area contributed by atoms with E-state index in [-0.39, 0.29) is 0 Å². The molecule has 6 heteroatoms. The van der Waals surface area contributed by atoms with Crippen molar-refractivity contribution in [3.8, 4) is 22.3 Å². The Kier molecular flexibility index (Phi) is 5.54. The quantitative estimate of drug-likeness (QED) is 0.762. The summed E-state index contributed by atoms with van der Waals surface area (Å²) in [5, 5.41) is 4.96. The second kappa shape index (κ2) is 7.42. The molecule has 0 bridgehead atoms. The molecule has 1 aromatic heterocycles. The zero-order valence-corrected chi connectivity index (χ0v) is 14.2. The number of sulfonamides is 1. The van der Waals surface area contributed by atoms with Crippen LogP contribution in [-0.4, -0.2) is 8.42 Å². The van der Waals surface area contributed by atoms with Gasteiger partial charge in [-0.3, -0.25) is 0 Å². The average molecular weight is 347 g/mol. The Balaban J connectivity index is 0.00000100. The molecular weight excluding hydrogens is 329 g/mol. The molecule has 0 aliphatic carbocycles. The van der Waals surface area contributed by atoms with E-state index in [1.165, 1.54) is 12.3 Å². The highest BCUT2D eigenvalue weighted by molar-refractivity contribution is 7.89. The van der Waals surface area contributed by atoms with Crippen LogP contribution in [0.25, 0.3) is 22.3 Å². The number of primary sulfonamides is 1. The predicted octanol–water partition coefficient (Wildman–Crippen LogP) is 4.43. The zero-order valence-electron chi connectivity index (χ0n) is 13.4. The van der Waals surface area contributed by atoms with Gasteiger partial charge in [0.15, 0.2) is 0 Å². The highest BCUT2D eigenvalue weighted by atomic mass is 32.2. The molecule has 1 heterocycles. The van der Waals surface area contributed by atoms with Crippen molar-refractivity contribution < 1.29 is 17.2 Å². The van der Waals surface area contributed by atoms with Crippen molar-refractivity contribution in [2.24, 2.45) is 5.14 Å². The van der Waals surface area contributed by atoms with Gasteiger partial charge in [-0.25, -0.2) is 17.9 Å². The average Bonchev–Trinajstić information content (AvgIpc) is 3.06. The van der Waals surface area contributed by atoms with E-state index in [1.807, 2.05) is 44.2 Å². The molecule has 0 amide bonds. The van der Waals surface area contributed by atoms with Gasteiger partial charge in [-0.2, -0.15) is 0 Å². The van der Waals surface area contributed by atoms with Crippen molar-refractivity contribution in [3.63, 3.8) is 0 Å². The summed E-state index contributed by atoms with van der Waals surface area (Å²) in [7, 11) is -4.08. The molecule has 0 fully saturated rings. The summed E-state index contributed by atoms with van der Waals surface area (Å²) in [6.07, 6.45) is 3.06. The normalized spacial score (nSPS) is 10.8. The SMILES string of the molecule is CC.NS(=O)(=O)c1ccc(-c2cocc2-c2ccccc2)cc1F. The maximum Gasteiger partial charge on any atom is 0.240 e. The van der Waals surface area contributed by atoms with E-state index in [0.29, 0.717) is 11.1 Å². The molecule has 4 nitrogen and oxygen atoms in total. The Labute approximate surface area is 140 Å². The summed E-state index contributed by atoms with van der Waals surface area (Å²) in [5.74, 6) is -0.889. The van der Waals surface area contributed by atoms with E-state index < -0.39 is 20.7 Å².